The van der Waals surface area contributed by atoms with Crippen molar-refractivity contribution in [3.63, 3.8) is 0 Å². The molecule has 0 spiro atoms. The molecule has 0 heterocycles. The van der Waals surface area contributed by atoms with Gasteiger partial charge in [-0.25, -0.2) is 4.79 Å². The first kappa shape index (κ1) is 19.8. The second-order valence-corrected chi connectivity index (χ2v) is 6.81. The maximum absolute atomic E-state index is 12.2. The van der Waals surface area contributed by atoms with E-state index in [2.05, 4.69) is 34.5 Å². The zero-order chi connectivity index (χ0) is 19.1. The number of carbonyl (C=O) groups is 3. The van der Waals surface area contributed by atoms with E-state index in [4.69, 9.17) is 0 Å². The fourth-order valence-electron chi connectivity index (χ4n) is 3.15. The Morgan fingerprint density at radius 2 is 1.81 bits per heavy atom. The molecular weight excluding hydrogens is 334 g/mol. The van der Waals surface area contributed by atoms with Crippen LogP contribution in [0, 0.1) is 11.8 Å². The van der Waals surface area contributed by atoms with Gasteiger partial charge in [0.25, 0.3) is 5.91 Å². The van der Waals surface area contributed by atoms with Crippen LogP contribution in [0.25, 0.3) is 0 Å². The largest absolute Gasteiger partial charge is 0.468 e. The molecule has 0 saturated heterocycles. The number of ether oxygens (including phenoxy) is 1. The van der Waals surface area contributed by atoms with Gasteiger partial charge in [-0.3, -0.25) is 9.59 Å². The highest BCUT2D eigenvalue weighted by atomic mass is 16.5. The minimum atomic E-state index is -0.514. The number of nitrogens with one attached hydrogen (secondary N) is 3. The number of rotatable bonds is 5. The standard InChI is InChI=1S/C19H27N3O4/c1-12-5-4-6-16(13(12)2)22-19(25)21-15-9-7-14(8-10-15)18(24)20-11-17(23)26-3/h7-10,12-13,16H,4-6,11H2,1-3H3,(H,20,24)(H2,21,22,25). The summed E-state index contributed by atoms with van der Waals surface area (Å²) in [5.74, 6) is 0.170. The van der Waals surface area contributed by atoms with Gasteiger partial charge in [0.2, 0.25) is 0 Å². The van der Waals surface area contributed by atoms with Crippen molar-refractivity contribution >= 4 is 23.6 Å². The lowest BCUT2D eigenvalue weighted by atomic mass is 9.78. The summed E-state index contributed by atoms with van der Waals surface area (Å²) in [7, 11) is 1.26. The molecule has 7 nitrogen and oxygen atoms in total. The van der Waals surface area contributed by atoms with Gasteiger partial charge in [-0.1, -0.05) is 26.7 Å². The van der Waals surface area contributed by atoms with Crippen molar-refractivity contribution in [3.8, 4) is 0 Å². The first-order valence-electron chi connectivity index (χ1n) is 8.93. The topological polar surface area (TPSA) is 96.5 Å². The van der Waals surface area contributed by atoms with Crippen LogP contribution in [0.3, 0.4) is 0 Å². The lowest BCUT2D eigenvalue weighted by molar-refractivity contribution is -0.139. The minimum Gasteiger partial charge on any atom is -0.468 e. The molecule has 0 radical (unpaired) electrons. The summed E-state index contributed by atoms with van der Waals surface area (Å²) in [6.45, 7) is 4.21. The molecule has 2 rings (SSSR count). The van der Waals surface area contributed by atoms with Crippen LogP contribution in [0.1, 0.15) is 43.5 Å². The normalized spacial score (nSPS) is 22.2. The van der Waals surface area contributed by atoms with Crippen LogP contribution in [0.15, 0.2) is 24.3 Å². The van der Waals surface area contributed by atoms with E-state index < -0.39 is 5.97 Å². The summed E-state index contributed by atoms with van der Waals surface area (Å²) in [6, 6.07) is 6.43. The highest BCUT2D eigenvalue weighted by Gasteiger charge is 2.28. The smallest absolute Gasteiger partial charge is 0.325 e. The van der Waals surface area contributed by atoms with Crippen LogP contribution >= 0.6 is 0 Å². The average Bonchev–Trinajstić information content (AvgIpc) is 2.63. The second-order valence-electron chi connectivity index (χ2n) is 6.81. The molecule has 3 atom stereocenters. The number of hydrogen-bond donors (Lipinski definition) is 3. The summed E-state index contributed by atoms with van der Waals surface area (Å²) in [6.07, 6.45) is 3.34. The van der Waals surface area contributed by atoms with Gasteiger partial charge in [0.05, 0.1) is 7.11 Å². The number of carbonyl (C=O) groups excluding carboxylic acids is 3. The number of methoxy groups -OCH3 is 1. The van der Waals surface area contributed by atoms with Crippen LogP contribution < -0.4 is 16.0 Å². The molecule has 0 aromatic heterocycles. The zero-order valence-electron chi connectivity index (χ0n) is 15.5. The van der Waals surface area contributed by atoms with Gasteiger partial charge >= 0.3 is 12.0 Å². The molecule has 0 bridgehead atoms. The predicted octanol–water partition coefficient (Wildman–Crippen LogP) is 2.54. The molecule has 1 aromatic rings. The predicted molar refractivity (Wildman–Crippen MR) is 98.9 cm³/mol. The second kappa shape index (κ2) is 9.22. The van der Waals surface area contributed by atoms with E-state index in [9.17, 15) is 14.4 Å². The number of hydrogen-bond acceptors (Lipinski definition) is 4. The molecular formula is C19H27N3O4. The Kier molecular flexibility index (Phi) is 7.00. The first-order chi connectivity index (χ1) is 12.4. The SMILES string of the molecule is COC(=O)CNC(=O)c1ccc(NC(=O)NC2CCCC(C)C2C)cc1. The van der Waals surface area contributed by atoms with Crippen molar-refractivity contribution in [1.82, 2.24) is 10.6 Å². The quantitative estimate of drug-likeness (QED) is 0.702. The third-order valence-corrected chi connectivity index (χ3v) is 5.05. The summed E-state index contributed by atoms with van der Waals surface area (Å²) in [5.41, 5.74) is 0.998. The molecule has 3 amide bonds. The fourth-order valence-corrected chi connectivity index (χ4v) is 3.15. The van der Waals surface area contributed by atoms with Crippen molar-refractivity contribution in [2.75, 3.05) is 19.0 Å². The first-order valence-corrected chi connectivity index (χ1v) is 8.93. The summed E-state index contributed by atoms with van der Waals surface area (Å²) >= 11 is 0. The maximum atomic E-state index is 12.2. The van der Waals surface area contributed by atoms with Gasteiger partial charge in [-0.05, 0) is 42.5 Å². The molecule has 1 aliphatic carbocycles. The third-order valence-electron chi connectivity index (χ3n) is 5.05. The van der Waals surface area contributed by atoms with Gasteiger partial charge in [0, 0.05) is 17.3 Å². The van der Waals surface area contributed by atoms with Crippen molar-refractivity contribution in [2.45, 2.75) is 39.2 Å². The van der Waals surface area contributed by atoms with Crippen LogP contribution in [0.5, 0.6) is 0 Å². The average molecular weight is 361 g/mol. The summed E-state index contributed by atoms with van der Waals surface area (Å²) in [4.78, 5) is 35.2. The van der Waals surface area contributed by atoms with E-state index in [1.54, 1.807) is 24.3 Å². The Labute approximate surface area is 153 Å². The lowest BCUT2D eigenvalue weighted by Crippen LogP contribution is -2.45. The molecule has 7 heteroatoms. The van der Waals surface area contributed by atoms with E-state index in [1.165, 1.54) is 13.5 Å². The zero-order valence-corrected chi connectivity index (χ0v) is 15.5. The van der Waals surface area contributed by atoms with E-state index in [0.717, 1.165) is 12.8 Å². The van der Waals surface area contributed by atoms with Gasteiger partial charge in [0.15, 0.2) is 0 Å². The van der Waals surface area contributed by atoms with Crippen LogP contribution in [-0.4, -0.2) is 37.6 Å². The van der Waals surface area contributed by atoms with E-state index in [-0.39, 0.29) is 24.5 Å². The fraction of sp³-hybridized carbons (Fsp3) is 0.526. The Morgan fingerprint density at radius 1 is 1.12 bits per heavy atom. The van der Waals surface area contributed by atoms with Crippen molar-refractivity contribution in [2.24, 2.45) is 11.8 Å². The molecule has 0 aliphatic heterocycles. The lowest BCUT2D eigenvalue weighted by Gasteiger charge is -2.34. The maximum Gasteiger partial charge on any atom is 0.325 e. The van der Waals surface area contributed by atoms with Gasteiger partial charge in [-0.15, -0.1) is 0 Å². The van der Waals surface area contributed by atoms with Crippen molar-refractivity contribution in [3.05, 3.63) is 29.8 Å². The number of anilines is 1. The molecule has 142 valence electrons. The van der Waals surface area contributed by atoms with E-state index >= 15 is 0 Å². The van der Waals surface area contributed by atoms with Gasteiger partial charge in [0.1, 0.15) is 6.54 Å². The molecule has 3 N–H and O–H groups in total. The van der Waals surface area contributed by atoms with Crippen molar-refractivity contribution in [1.29, 1.82) is 0 Å². The third kappa shape index (κ3) is 5.47. The molecule has 26 heavy (non-hydrogen) atoms. The molecule has 1 aliphatic rings. The van der Waals surface area contributed by atoms with Crippen LogP contribution in [-0.2, 0) is 9.53 Å². The number of benzene rings is 1. The molecule has 1 saturated carbocycles. The molecule has 1 fully saturated rings. The number of urea groups is 1. The highest BCUT2D eigenvalue weighted by molar-refractivity contribution is 5.97. The van der Waals surface area contributed by atoms with E-state index in [1.807, 2.05) is 0 Å². The Bertz CT molecular complexity index is 645. The molecule has 3 unspecified atom stereocenters. The van der Waals surface area contributed by atoms with Gasteiger partial charge < -0.3 is 20.7 Å². The highest BCUT2D eigenvalue weighted by Crippen LogP contribution is 2.29. The number of amides is 3. The summed E-state index contributed by atoms with van der Waals surface area (Å²) in [5, 5.41) is 8.30. The molecule has 1 aromatic carbocycles. The summed E-state index contributed by atoms with van der Waals surface area (Å²) < 4.78 is 4.47. The van der Waals surface area contributed by atoms with Crippen molar-refractivity contribution < 1.29 is 19.1 Å². The monoisotopic (exact) mass is 361 g/mol. The Hall–Kier alpha value is -2.57. The number of esters is 1. The Balaban J connectivity index is 1.85. The van der Waals surface area contributed by atoms with E-state index in [0.29, 0.717) is 23.1 Å². The van der Waals surface area contributed by atoms with Crippen LogP contribution in [0.4, 0.5) is 10.5 Å². The van der Waals surface area contributed by atoms with Gasteiger partial charge in [-0.2, -0.15) is 0 Å². The van der Waals surface area contributed by atoms with Crippen LogP contribution in [0.2, 0.25) is 0 Å². The Morgan fingerprint density at radius 3 is 2.46 bits per heavy atom. The minimum absolute atomic E-state index is 0.183.